The van der Waals surface area contributed by atoms with E-state index in [4.69, 9.17) is 0 Å². The van der Waals surface area contributed by atoms with Crippen LogP contribution in [0.5, 0.6) is 0 Å². The molecule has 2 fully saturated rings. The van der Waals surface area contributed by atoms with Crippen molar-refractivity contribution in [3.05, 3.63) is 48.8 Å². The summed E-state index contributed by atoms with van der Waals surface area (Å²) in [5, 5.41) is 5.77. The summed E-state index contributed by atoms with van der Waals surface area (Å²) >= 11 is 0. The normalized spacial score (nSPS) is 22.1. The highest BCUT2D eigenvalue weighted by Crippen LogP contribution is 2.34. The summed E-state index contributed by atoms with van der Waals surface area (Å²) in [6, 6.07) is 8.75. The molecule has 0 spiro atoms. The van der Waals surface area contributed by atoms with E-state index in [0.717, 1.165) is 57.8 Å². The summed E-state index contributed by atoms with van der Waals surface area (Å²) in [6.07, 6.45) is 13.4. The molecule has 6 rings (SSSR count). The zero-order valence-corrected chi connectivity index (χ0v) is 18.7. The molecule has 7 heteroatoms. The van der Waals surface area contributed by atoms with E-state index in [-0.39, 0.29) is 5.82 Å². The Morgan fingerprint density at radius 1 is 0.939 bits per heavy atom. The number of aromatic nitrogens is 4. The van der Waals surface area contributed by atoms with Gasteiger partial charge in [-0.1, -0.05) is 12.5 Å². The van der Waals surface area contributed by atoms with Crippen molar-refractivity contribution in [3.63, 3.8) is 0 Å². The predicted molar refractivity (Wildman–Crippen MR) is 130 cm³/mol. The summed E-state index contributed by atoms with van der Waals surface area (Å²) in [5.41, 5.74) is 3.50. The van der Waals surface area contributed by atoms with Gasteiger partial charge in [-0.15, -0.1) is 0 Å². The van der Waals surface area contributed by atoms with Gasteiger partial charge in [-0.25, -0.2) is 14.4 Å². The van der Waals surface area contributed by atoms with Gasteiger partial charge in [0.25, 0.3) is 0 Å². The molecular formula is C26H29FN6. The molecular weight excluding hydrogens is 415 g/mol. The second-order valence-corrected chi connectivity index (χ2v) is 9.47. The summed E-state index contributed by atoms with van der Waals surface area (Å²) in [6.45, 7) is 2.54. The molecule has 2 N–H and O–H groups in total. The fourth-order valence-electron chi connectivity index (χ4n) is 5.64. The number of aromatic amines is 1. The number of piperidine rings is 1. The molecule has 6 nitrogen and oxygen atoms in total. The summed E-state index contributed by atoms with van der Waals surface area (Å²) in [4.78, 5) is 19.2. The molecule has 3 aromatic heterocycles. The van der Waals surface area contributed by atoms with Gasteiger partial charge in [-0.2, -0.15) is 0 Å². The number of likely N-dealkylation sites (tertiary alicyclic amines) is 1. The van der Waals surface area contributed by atoms with Crippen molar-refractivity contribution in [3.8, 4) is 11.1 Å². The molecule has 1 aromatic carbocycles. The third-order valence-electron chi connectivity index (χ3n) is 7.37. The Hall–Kier alpha value is -3.06. The number of halogens is 1. The maximum atomic E-state index is 13.7. The van der Waals surface area contributed by atoms with Crippen LogP contribution in [0.4, 0.5) is 10.2 Å². The number of nitrogens with zero attached hydrogens (tertiary/aromatic N) is 4. The Labute approximate surface area is 192 Å². The zero-order chi connectivity index (χ0) is 22.2. The van der Waals surface area contributed by atoms with Gasteiger partial charge in [0.1, 0.15) is 23.6 Å². The molecule has 0 amide bonds. The number of hydrogen-bond acceptors (Lipinski definition) is 5. The van der Waals surface area contributed by atoms with Gasteiger partial charge in [-0.3, -0.25) is 4.98 Å². The van der Waals surface area contributed by atoms with Gasteiger partial charge in [0.2, 0.25) is 0 Å². The molecule has 0 unspecified atom stereocenters. The molecule has 1 saturated heterocycles. The lowest BCUT2D eigenvalue weighted by atomic mass is 9.89. The lowest BCUT2D eigenvalue weighted by Gasteiger charge is -2.39. The SMILES string of the molecule is Fc1cncc(-c2ccc3[nH]c4ncnc(NC5CCC(N6CCCCC6)CC5)c4c3c2)c1. The van der Waals surface area contributed by atoms with E-state index in [0.29, 0.717) is 6.04 Å². The van der Waals surface area contributed by atoms with Crippen LogP contribution in [0.25, 0.3) is 33.1 Å². The summed E-state index contributed by atoms with van der Waals surface area (Å²) in [7, 11) is 0. The molecule has 1 saturated carbocycles. The third kappa shape index (κ3) is 4.06. The zero-order valence-electron chi connectivity index (χ0n) is 18.7. The highest BCUT2D eigenvalue weighted by molar-refractivity contribution is 6.12. The number of hydrogen-bond donors (Lipinski definition) is 2. The minimum atomic E-state index is -0.336. The quantitative estimate of drug-likeness (QED) is 0.434. The van der Waals surface area contributed by atoms with E-state index in [1.54, 1.807) is 12.5 Å². The van der Waals surface area contributed by atoms with Gasteiger partial charge < -0.3 is 15.2 Å². The highest BCUT2D eigenvalue weighted by Gasteiger charge is 2.27. The second kappa shape index (κ2) is 8.71. The molecule has 170 valence electrons. The number of H-pyrrole nitrogens is 1. The number of anilines is 1. The summed E-state index contributed by atoms with van der Waals surface area (Å²) in [5.74, 6) is 0.541. The maximum Gasteiger partial charge on any atom is 0.143 e. The first kappa shape index (κ1) is 20.5. The summed E-state index contributed by atoms with van der Waals surface area (Å²) < 4.78 is 13.7. The number of pyridine rings is 1. The van der Waals surface area contributed by atoms with Crippen LogP contribution in [-0.4, -0.2) is 50.0 Å². The molecule has 4 aromatic rings. The first-order valence-electron chi connectivity index (χ1n) is 12.1. The van der Waals surface area contributed by atoms with Crippen LogP contribution in [0.1, 0.15) is 44.9 Å². The van der Waals surface area contributed by atoms with Crippen LogP contribution in [-0.2, 0) is 0 Å². The number of rotatable bonds is 4. The van der Waals surface area contributed by atoms with Crippen LogP contribution in [0.3, 0.4) is 0 Å². The van der Waals surface area contributed by atoms with Crippen LogP contribution in [0.2, 0.25) is 0 Å². The molecule has 0 atom stereocenters. The number of nitrogens with one attached hydrogen (secondary N) is 2. The molecule has 1 aliphatic carbocycles. The molecule has 4 heterocycles. The van der Waals surface area contributed by atoms with Crippen molar-refractivity contribution in [1.29, 1.82) is 0 Å². The molecule has 2 aliphatic rings. The topological polar surface area (TPSA) is 69.7 Å². The number of fused-ring (bicyclic) bond motifs is 3. The van der Waals surface area contributed by atoms with Crippen molar-refractivity contribution in [1.82, 2.24) is 24.8 Å². The van der Waals surface area contributed by atoms with E-state index in [9.17, 15) is 4.39 Å². The van der Waals surface area contributed by atoms with E-state index >= 15 is 0 Å². The largest absolute Gasteiger partial charge is 0.367 e. The van der Waals surface area contributed by atoms with Crippen LogP contribution >= 0.6 is 0 Å². The Bertz CT molecular complexity index is 1270. The van der Waals surface area contributed by atoms with Crippen molar-refractivity contribution in [2.45, 2.75) is 57.0 Å². The Morgan fingerprint density at radius 2 is 1.79 bits per heavy atom. The third-order valence-corrected chi connectivity index (χ3v) is 7.37. The standard InChI is InChI=1S/C26H29FN6/c27-19-12-18(14-28-15-19)17-4-9-23-22(13-17)24-25(29-16-30-26(24)32-23)31-20-5-7-21(8-6-20)33-10-2-1-3-11-33/h4,9,12-16,20-21H,1-3,5-8,10-11H2,(H2,29,30,31,32). The first-order valence-corrected chi connectivity index (χ1v) is 12.1. The lowest BCUT2D eigenvalue weighted by molar-refractivity contribution is 0.127. The van der Waals surface area contributed by atoms with E-state index < -0.39 is 0 Å². The van der Waals surface area contributed by atoms with Crippen molar-refractivity contribution < 1.29 is 4.39 Å². The van der Waals surface area contributed by atoms with Gasteiger partial charge in [-0.05, 0) is 75.4 Å². The Kier molecular flexibility index (Phi) is 5.42. The van der Waals surface area contributed by atoms with Gasteiger partial charge >= 0.3 is 0 Å². The van der Waals surface area contributed by atoms with Crippen LogP contribution in [0.15, 0.2) is 43.0 Å². The maximum absolute atomic E-state index is 13.7. The van der Waals surface area contributed by atoms with E-state index in [1.165, 1.54) is 57.5 Å². The first-order chi connectivity index (χ1) is 16.2. The van der Waals surface area contributed by atoms with E-state index in [2.05, 4.69) is 36.2 Å². The Balaban J connectivity index is 1.27. The van der Waals surface area contributed by atoms with Crippen molar-refractivity contribution >= 4 is 27.8 Å². The minimum absolute atomic E-state index is 0.336. The van der Waals surface area contributed by atoms with Crippen molar-refractivity contribution in [2.75, 3.05) is 18.4 Å². The monoisotopic (exact) mass is 444 g/mol. The smallest absolute Gasteiger partial charge is 0.143 e. The van der Waals surface area contributed by atoms with Crippen LogP contribution in [0, 0.1) is 5.82 Å². The van der Waals surface area contributed by atoms with Gasteiger partial charge in [0, 0.05) is 34.7 Å². The number of benzene rings is 1. The minimum Gasteiger partial charge on any atom is -0.367 e. The molecule has 0 bridgehead atoms. The molecule has 0 radical (unpaired) electrons. The average Bonchev–Trinajstić information content (AvgIpc) is 3.24. The van der Waals surface area contributed by atoms with E-state index in [1.807, 2.05) is 12.1 Å². The lowest BCUT2D eigenvalue weighted by Crippen LogP contribution is -2.43. The molecule has 1 aliphatic heterocycles. The predicted octanol–water partition coefficient (Wildman–Crippen LogP) is 5.52. The Morgan fingerprint density at radius 3 is 2.61 bits per heavy atom. The fraction of sp³-hybridized carbons (Fsp3) is 0.423. The average molecular weight is 445 g/mol. The van der Waals surface area contributed by atoms with Gasteiger partial charge in [0.05, 0.1) is 11.6 Å². The van der Waals surface area contributed by atoms with Crippen molar-refractivity contribution in [2.24, 2.45) is 0 Å². The van der Waals surface area contributed by atoms with Gasteiger partial charge in [0.15, 0.2) is 0 Å². The molecule has 33 heavy (non-hydrogen) atoms. The second-order valence-electron chi connectivity index (χ2n) is 9.47. The van der Waals surface area contributed by atoms with Crippen LogP contribution < -0.4 is 5.32 Å². The highest BCUT2D eigenvalue weighted by atomic mass is 19.1. The fourth-order valence-corrected chi connectivity index (χ4v) is 5.64.